The third kappa shape index (κ3) is 6.50. The largest absolute Gasteiger partial charge is 0.427 e. The van der Waals surface area contributed by atoms with Gasteiger partial charge in [-0.2, -0.15) is 0 Å². The van der Waals surface area contributed by atoms with E-state index < -0.39 is 5.97 Å². The smallest absolute Gasteiger partial charge is 0.308 e. The van der Waals surface area contributed by atoms with Crippen LogP contribution in [-0.2, 0) is 9.59 Å². The Labute approximate surface area is 180 Å². The number of benzene rings is 2. The Hall–Kier alpha value is -3.48. The van der Waals surface area contributed by atoms with Gasteiger partial charge in [-0.05, 0) is 49.1 Å². The summed E-state index contributed by atoms with van der Waals surface area (Å²) in [5, 5.41) is 2.84. The summed E-state index contributed by atoms with van der Waals surface area (Å²) in [6.07, 6.45) is 4.32. The van der Waals surface area contributed by atoms with Crippen molar-refractivity contribution in [1.29, 1.82) is 0 Å². The van der Waals surface area contributed by atoms with Crippen LogP contribution in [0, 0.1) is 11.7 Å². The maximum Gasteiger partial charge on any atom is 0.308 e. The molecule has 0 radical (unpaired) electrons. The van der Waals surface area contributed by atoms with E-state index in [1.165, 1.54) is 25.1 Å². The van der Waals surface area contributed by atoms with Crippen molar-refractivity contribution in [3.8, 4) is 5.75 Å². The Morgan fingerprint density at radius 3 is 2.58 bits per heavy atom. The van der Waals surface area contributed by atoms with Gasteiger partial charge in [-0.3, -0.25) is 14.4 Å². The number of nitrogens with zero attached hydrogens (tertiary/aromatic N) is 1. The molecule has 2 amide bonds. The number of nitrogens with one attached hydrogen (secondary N) is 1. The molecule has 1 saturated heterocycles. The molecule has 0 aromatic heterocycles. The average Bonchev–Trinajstić information content (AvgIpc) is 2.77. The summed E-state index contributed by atoms with van der Waals surface area (Å²) < 4.78 is 18.6. The molecule has 0 bridgehead atoms. The Kier molecular flexibility index (Phi) is 7.54. The Morgan fingerprint density at radius 2 is 1.87 bits per heavy atom. The molecule has 1 aliphatic heterocycles. The van der Waals surface area contributed by atoms with E-state index in [2.05, 4.69) is 5.32 Å². The van der Waals surface area contributed by atoms with Gasteiger partial charge >= 0.3 is 5.97 Å². The van der Waals surface area contributed by atoms with Crippen LogP contribution in [-0.4, -0.2) is 42.3 Å². The molecule has 1 N–H and O–H groups in total. The average molecular weight is 424 g/mol. The van der Waals surface area contributed by atoms with E-state index in [0.717, 1.165) is 12.8 Å². The van der Waals surface area contributed by atoms with Crippen LogP contribution in [0.1, 0.15) is 35.7 Å². The first-order chi connectivity index (χ1) is 14.9. The Balaban J connectivity index is 1.45. The second kappa shape index (κ2) is 10.5. The number of amides is 2. The number of ether oxygens (including phenoxy) is 1. The molecule has 162 valence electrons. The minimum absolute atomic E-state index is 0.107. The zero-order chi connectivity index (χ0) is 22.2. The van der Waals surface area contributed by atoms with Crippen molar-refractivity contribution in [3.05, 3.63) is 71.6 Å². The minimum Gasteiger partial charge on any atom is -0.427 e. The van der Waals surface area contributed by atoms with Crippen LogP contribution in [0.3, 0.4) is 0 Å². The topological polar surface area (TPSA) is 75.7 Å². The third-order valence-corrected chi connectivity index (χ3v) is 5.13. The van der Waals surface area contributed by atoms with Gasteiger partial charge in [0.15, 0.2) is 0 Å². The molecular formula is C24H25FN2O4. The quantitative estimate of drug-likeness (QED) is 0.438. The number of piperidine rings is 1. The summed E-state index contributed by atoms with van der Waals surface area (Å²) in [5.74, 6) is -0.576. The number of carbonyl (C=O) groups is 3. The van der Waals surface area contributed by atoms with Gasteiger partial charge in [-0.15, -0.1) is 0 Å². The van der Waals surface area contributed by atoms with E-state index in [0.29, 0.717) is 36.5 Å². The van der Waals surface area contributed by atoms with Gasteiger partial charge in [-0.25, -0.2) is 4.39 Å². The molecule has 2 aromatic rings. The number of likely N-dealkylation sites (tertiary alicyclic amines) is 1. The molecule has 7 heteroatoms. The van der Waals surface area contributed by atoms with Crippen LogP contribution >= 0.6 is 0 Å². The second-order valence-electron chi connectivity index (χ2n) is 7.46. The highest BCUT2D eigenvalue weighted by Gasteiger charge is 2.24. The van der Waals surface area contributed by atoms with Gasteiger partial charge in [0.25, 0.3) is 5.91 Å². The van der Waals surface area contributed by atoms with Gasteiger partial charge in [0.2, 0.25) is 5.91 Å². The van der Waals surface area contributed by atoms with Crippen LogP contribution in [0.2, 0.25) is 0 Å². The standard InChI is InChI=1S/C24H25FN2O4/c1-17(28)31-21-7-4-6-20(15-21)24(30)27-13-11-18(12-14-27)16-26-23(29)10-9-19-5-2-3-8-22(19)25/h2-10,15,18H,11-14,16H2,1H3,(H,26,29)/b10-9+. The van der Waals surface area contributed by atoms with Crippen molar-refractivity contribution < 1.29 is 23.5 Å². The molecular weight excluding hydrogens is 399 g/mol. The van der Waals surface area contributed by atoms with E-state index >= 15 is 0 Å². The fourth-order valence-electron chi connectivity index (χ4n) is 3.46. The number of hydrogen-bond donors (Lipinski definition) is 1. The summed E-state index contributed by atoms with van der Waals surface area (Å²) in [6, 6.07) is 12.8. The first-order valence-electron chi connectivity index (χ1n) is 10.2. The van der Waals surface area contributed by atoms with Crippen LogP contribution < -0.4 is 10.1 Å². The highest BCUT2D eigenvalue weighted by molar-refractivity contribution is 5.95. The number of carbonyl (C=O) groups excluding carboxylic acids is 3. The van der Waals surface area contributed by atoms with Gasteiger partial charge in [0, 0.05) is 43.8 Å². The van der Waals surface area contributed by atoms with Crippen molar-refractivity contribution in [2.75, 3.05) is 19.6 Å². The fraction of sp³-hybridized carbons (Fsp3) is 0.292. The number of esters is 1. The Bertz CT molecular complexity index is 981. The molecule has 2 aromatic carbocycles. The summed E-state index contributed by atoms with van der Waals surface area (Å²) >= 11 is 0. The van der Waals surface area contributed by atoms with Crippen molar-refractivity contribution in [1.82, 2.24) is 10.2 Å². The summed E-state index contributed by atoms with van der Waals surface area (Å²) in [4.78, 5) is 37.6. The van der Waals surface area contributed by atoms with Crippen molar-refractivity contribution in [3.63, 3.8) is 0 Å². The molecule has 0 unspecified atom stereocenters. The zero-order valence-corrected chi connectivity index (χ0v) is 17.3. The van der Waals surface area contributed by atoms with Gasteiger partial charge in [0.05, 0.1) is 0 Å². The van der Waals surface area contributed by atoms with E-state index in [4.69, 9.17) is 4.74 Å². The normalized spacial score (nSPS) is 14.5. The molecule has 31 heavy (non-hydrogen) atoms. The summed E-state index contributed by atoms with van der Waals surface area (Å²) in [5.41, 5.74) is 0.839. The number of hydrogen-bond acceptors (Lipinski definition) is 4. The van der Waals surface area contributed by atoms with Gasteiger partial charge in [0.1, 0.15) is 11.6 Å². The molecule has 1 aliphatic rings. The van der Waals surface area contributed by atoms with Crippen molar-refractivity contribution in [2.24, 2.45) is 5.92 Å². The minimum atomic E-state index is -0.434. The molecule has 0 spiro atoms. The van der Waals surface area contributed by atoms with Crippen molar-refractivity contribution in [2.45, 2.75) is 19.8 Å². The number of rotatable bonds is 6. The molecule has 1 fully saturated rings. The maximum absolute atomic E-state index is 13.6. The molecule has 0 atom stereocenters. The lowest BCUT2D eigenvalue weighted by Crippen LogP contribution is -2.41. The maximum atomic E-state index is 13.6. The van der Waals surface area contributed by atoms with E-state index in [9.17, 15) is 18.8 Å². The third-order valence-electron chi connectivity index (χ3n) is 5.13. The van der Waals surface area contributed by atoms with Crippen LogP contribution in [0.25, 0.3) is 6.08 Å². The number of halogens is 1. The fourth-order valence-corrected chi connectivity index (χ4v) is 3.46. The monoisotopic (exact) mass is 424 g/mol. The molecule has 0 aliphatic carbocycles. The first kappa shape index (κ1) is 22.2. The zero-order valence-electron chi connectivity index (χ0n) is 17.3. The van der Waals surface area contributed by atoms with Crippen LogP contribution in [0.15, 0.2) is 54.6 Å². The predicted molar refractivity (Wildman–Crippen MR) is 115 cm³/mol. The first-order valence-corrected chi connectivity index (χ1v) is 10.2. The van der Waals surface area contributed by atoms with Crippen LogP contribution in [0.5, 0.6) is 5.75 Å². The van der Waals surface area contributed by atoms with E-state index in [1.807, 2.05) is 0 Å². The summed E-state index contributed by atoms with van der Waals surface area (Å²) in [6.45, 7) is 2.99. The lowest BCUT2D eigenvalue weighted by molar-refractivity contribution is -0.131. The molecule has 0 saturated carbocycles. The van der Waals surface area contributed by atoms with Crippen LogP contribution in [0.4, 0.5) is 4.39 Å². The highest BCUT2D eigenvalue weighted by Crippen LogP contribution is 2.21. The van der Waals surface area contributed by atoms with Gasteiger partial charge < -0.3 is 15.0 Å². The SMILES string of the molecule is CC(=O)Oc1cccc(C(=O)N2CCC(CNC(=O)/C=C/c3ccccc3F)CC2)c1. The summed E-state index contributed by atoms with van der Waals surface area (Å²) in [7, 11) is 0. The Morgan fingerprint density at radius 1 is 1.13 bits per heavy atom. The van der Waals surface area contributed by atoms with E-state index in [-0.39, 0.29) is 23.5 Å². The molecule has 1 heterocycles. The van der Waals surface area contributed by atoms with Crippen molar-refractivity contribution >= 4 is 23.9 Å². The lowest BCUT2D eigenvalue weighted by atomic mass is 9.96. The van der Waals surface area contributed by atoms with E-state index in [1.54, 1.807) is 47.4 Å². The second-order valence-corrected chi connectivity index (χ2v) is 7.46. The van der Waals surface area contributed by atoms with Gasteiger partial charge in [-0.1, -0.05) is 24.3 Å². The molecule has 6 nitrogen and oxygen atoms in total. The molecule has 3 rings (SSSR count). The lowest BCUT2D eigenvalue weighted by Gasteiger charge is -2.32. The highest BCUT2D eigenvalue weighted by atomic mass is 19.1. The predicted octanol–water partition coefficient (Wildman–Crippen LogP) is 3.43.